The van der Waals surface area contributed by atoms with Crippen molar-refractivity contribution in [3.8, 4) is 5.75 Å². The number of ether oxygens (including phenoxy) is 2. The summed E-state index contributed by atoms with van der Waals surface area (Å²) in [4.78, 5) is 16.0. The molecule has 0 radical (unpaired) electrons. The Balaban J connectivity index is 1.33. The zero-order chi connectivity index (χ0) is 33.1. The van der Waals surface area contributed by atoms with E-state index >= 15 is 0 Å². The van der Waals surface area contributed by atoms with Crippen molar-refractivity contribution < 1.29 is 22.7 Å². The van der Waals surface area contributed by atoms with Crippen LogP contribution < -0.4 is 14.4 Å². The largest absolute Gasteiger partial charge is 0.490 e. The Hall–Kier alpha value is -3.34. The molecule has 1 spiro atoms. The summed E-state index contributed by atoms with van der Waals surface area (Å²) in [5, 5.41) is 5.43. The van der Waals surface area contributed by atoms with Crippen LogP contribution in [-0.4, -0.2) is 57.0 Å². The van der Waals surface area contributed by atoms with Crippen molar-refractivity contribution in [2.24, 2.45) is 11.8 Å². The number of allylic oxidation sites excluding steroid dienone is 1. The van der Waals surface area contributed by atoms with Gasteiger partial charge in [0.1, 0.15) is 5.75 Å². The van der Waals surface area contributed by atoms with Crippen molar-refractivity contribution in [1.82, 2.24) is 14.5 Å². The number of fused-ring (bicyclic) bond motifs is 6. The fraction of sp³-hybridized carbons (Fsp3) is 0.500. The highest BCUT2D eigenvalue weighted by molar-refractivity contribution is 7.90. The van der Waals surface area contributed by atoms with E-state index in [1.165, 1.54) is 17.2 Å². The van der Waals surface area contributed by atoms with Gasteiger partial charge >= 0.3 is 0 Å². The lowest BCUT2D eigenvalue weighted by atomic mass is 9.68. The zero-order valence-electron chi connectivity index (χ0n) is 27.5. The van der Waals surface area contributed by atoms with Crippen molar-refractivity contribution >= 4 is 33.2 Å². The van der Waals surface area contributed by atoms with E-state index < -0.39 is 21.3 Å². The molecule has 4 aliphatic rings. The minimum absolute atomic E-state index is 0.0199. The van der Waals surface area contributed by atoms with Crippen LogP contribution in [0.2, 0.25) is 5.02 Å². The number of sulfonamides is 1. The van der Waals surface area contributed by atoms with Gasteiger partial charge in [-0.15, -0.1) is 0 Å². The van der Waals surface area contributed by atoms with Crippen molar-refractivity contribution in [3.63, 3.8) is 0 Å². The molecule has 1 aromatic heterocycles. The highest BCUT2D eigenvalue weighted by Gasteiger charge is 2.45. The number of nitrogens with zero attached hydrogens (tertiary/aromatic N) is 3. The molecular formula is C36H43ClN4O5S. The highest BCUT2D eigenvalue weighted by Crippen LogP contribution is 2.47. The average molecular weight is 679 g/mol. The van der Waals surface area contributed by atoms with E-state index in [-0.39, 0.29) is 16.4 Å². The third kappa shape index (κ3) is 5.76. The number of nitrogens with one attached hydrogen (secondary N) is 1. The van der Waals surface area contributed by atoms with E-state index in [1.807, 2.05) is 23.7 Å². The summed E-state index contributed by atoms with van der Waals surface area (Å²) in [6.07, 6.45) is 9.20. The first kappa shape index (κ1) is 32.2. The Morgan fingerprint density at radius 3 is 2.72 bits per heavy atom. The zero-order valence-corrected chi connectivity index (χ0v) is 29.0. The summed E-state index contributed by atoms with van der Waals surface area (Å²) in [6.45, 7) is 7.71. The predicted octanol–water partition coefficient (Wildman–Crippen LogP) is 5.71. The second kappa shape index (κ2) is 12.0. The van der Waals surface area contributed by atoms with Gasteiger partial charge in [-0.2, -0.15) is 5.10 Å². The average Bonchev–Trinajstić information content (AvgIpc) is 3.33. The van der Waals surface area contributed by atoms with Crippen LogP contribution in [0, 0.1) is 18.8 Å². The van der Waals surface area contributed by atoms with Gasteiger partial charge in [0, 0.05) is 36.3 Å². The predicted molar refractivity (Wildman–Crippen MR) is 182 cm³/mol. The van der Waals surface area contributed by atoms with Crippen LogP contribution in [-0.2, 0) is 43.4 Å². The number of carbonyl (C=O) groups is 1. The fourth-order valence-electron chi connectivity index (χ4n) is 7.91. The van der Waals surface area contributed by atoms with Gasteiger partial charge in [0.25, 0.3) is 10.0 Å². The molecule has 47 heavy (non-hydrogen) atoms. The topological polar surface area (TPSA) is 103 Å². The van der Waals surface area contributed by atoms with Gasteiger partial charge < -0.3 is 14.4 Å². The summed E-state index contributed by atoms with van der Waals surface area (Å²) in [5.74, 6) is 0.646. The number of methoxy groups -OCH3 is 1. The molecule has 4 bridgehead atoms. The number of hydrogen-bond donors (Lipinski definition) is 1. The van der Waals surface area contributed by atoms with E-state index in [0.717, 1.165) is 55.1 Å². The summed E-state index contributed by atoms with van der Waals surface area (Å²) in [6, 6.07) is 13.0. The van der Waals surface area contributed by atoms with Gasteiger partial charge in [0.2, 0.25) is 5.91 Å². The maximum Gasteiger partial charge on any atom is 0.264 e. The minimum Gasteiger partial charge on any atom is -0.490 e. The Labute approximate surface area is 282 Å². The van der Waals surface area contributed by atoms with Crippen molar-refractivity contribution in [3.05, 3.63) is 82.2 Å². The number of hydrogen-bond acceptors (Lipinski definition) is 7. The van der Waals surface area contributed by atoms with Crippen LogP contribution in [0.3, 0.4) is 0 Å². The molecule has 1 saturated carbocycles. The molecule has 1 N–H and O–H groups in total. The molecule has 4 atom stereocenters. The quantitative estimate of drug-likeness (QED) is 0.329. The van der Waals surface area contributed by atoms with Gasteiger partial charge in [-0.1, -0.05) is 29.8 Å². The maximum atomic E-state index is 13.8. The third-order valence-corrected chi connectivity index (χ3v) is 12.5. The molecule has 1 fully saturated rings. The summed E-state index contributed by atoms with van der Waals surface area (Å²) in [5.41, 5.74) is 3.12. The van der Waals surface area contributed by atoms with E-state index in [2.05, 4.69) is 33.9 Å². The van der Waals surface area contributed by atoms with Gasteiger partial charge in [-0.25, -0.2) is 13.1 Å². The number of benzene rings is 2. The first-order chi connectivity index (χ1) is 22.4. The Bertz CT molecular complexity index is 1850. The first-order valence-electron chi connectivity index (χ1n) is 16.5. The third-order valence-electron chi connectivity index (χ3n) is 11.0. The SMILES string of the molecule is CO[C@H]1/C=C/Cn2nc(cc2C)C(C)(C)C(=O)NS(=O)(=O)c2ccc3c(c2)N(C[C@@H]2CC[C@H]21)C[C@@]1(CCCc2cc(Cl)ccc21)CO3. The molecule has 9 nitrogen and oxygen atoms in total. The molecule has 250 valence electrons. The lowest BCUT2D eigenvalue weighted by Crippen LogP contribution is -2.49. The molecule has 11 heteroatoms. The van der Waals surface area contributed by atoms with Gasteiger partial charge in [-0.05, 0) is 112 Å². The lowest BCUT2D eigenvalue weighted by molar-refractivity contribution is -0.123. The molecule has 1 amide bonds. The second-order valence-corrected chi connectivity index (χ2v) is 16.4. The first-order valence-corrected chi connectivity index (χ1v) is 18.4. The number of halogens is 1. The van der Waals surface area contributed by atoms with Gasteiger partial charge in [0.15, 0.2) is 0 Å². The standard InChI is InChI=1S/C36H43ClN4O5S/c1-23-17-33-35(2,3)34(42)39-47(43,44)27-11-14-32-30(19-27)40(20-25-9-12-28(25)31(45-4)8-6-16-41(23)38-33)21-36(22-46-32)15-5-7-24-18-26(37)10-13-29(24)36/h6,8,10-11,13-14,17-19,25,28,31H,5,7,9,12,15-16,20-22H2,1-4H3,(H,39,42)/b8-6+/t25-,28+,31-,36-/m0/s1. The van der Waals surface area contributed by atoms with E-state index in [1.54, 1.807) is 33.1 Å². The highest BCUT2D eigenvalue weighted by atomic mass is 35.5. The van der Waals surface area contributed by atoms with Crippen LogP contribution in [0.4, 0.5) is 5.69 Å². The summed E-state index contributed by atoms with van der Waals surface area (Å²) >= 11 is 6.43. The molecule has 0 saturated heterocycles. The van der Waals surface area contributed by atoms with Crippen LogP contribution in [0.25, 0.3) is 0 Å². The molecule has 2 aliphatic carbocycles. The molecule has 2 aliphatic heterocycles. The Kier molecular flexibility index (Phi) is 8.20. The van der Waals surface area contributed by atoms with Gasteiger partial charge in [-0.3, -0.25) is 9.48 Å². The van der Waals surface area contributed by atoms with E-state index in [4.69, 9.17) is 26.2 Å². The van der Waals surface area contributed by atoms with E-state index in [9.17, 15) is 13.2 Å². The number of carbonyl (C=O) groups excluding carboxylic acids is 1. The number of aryl methyl sites for hydroxylation is 2. The molecule has 0 unspecified atom stereocenters. The molecule has 3 aromatic rings. The number of rotatable bonds is 1. The summed E-state index contributed by atoms with van der Waals surface area (Å²) < 4.78 is 44.5. The van der Waals surface area contributed by atoms with Crippen molar-refractivity contribution in [2.75, 3.05) is 31.7 Å². The molecule has 3 heterocycles. The number of aromatic nitrogens is 2. The monoisotopic (exact) mass is 678 g/mol. The van der Waals surface area contributed by atoms with E-state index in [0.29, 0.717) is 43.0 Å². The molecule has 2 aromatic carbocycles. The van der Waals surface area contributed by atoms with Crippen LogP contribution in [0.1, 0.15) is 62.0 Å². The number of amides is 1. The van der Waals surface area contributed by atoms with Gasteiger partial charge in [0.05, 0.1) is 40.9 Å². The Morgan fingerprint density at radius 1 is 1.13 bits per heavy atom. The van der Waals surface area contributed by atoms with Crippen molar-refractivity contribution in [1.29, 1.82) is 0 Å². The molecule has 7 rings (SSSR count). The minimum atomic E-state index is -4.21. The Morgan fingerprint density at radius 2 is 1.96 bits per heavy atom. The summed E-state index contributed by atoms with van der Waals surface area (Å²) in [7, 11) is -2.45. The number of anilines is 1. The van der Waals surface area contributed by atoms with Crippen LogP contribution in [0.5, 0.6) is 5.75 Å². The second-order valence-electron chi connectivity index (χ2n) is 14.3. The fourth-order valence-corrected chi connectivity index (χ4v) is 9.24. The van der Waals surface area contributed by atoms with Crippen LogP contribution in [0.15, 0.2) is 59.5 Å². The molecular weight excluding hydrogens is 636 g/mol. The maximum absolute atomic E-state index is 13.8. The smallest absolute Gasteiger partial charge is 0.264 e. The van der Waals surface area contributed by atoms with Crippen LogP contribution >= 0.6 is 11.6 Å². The normalized spacial score (nSPS) is 28.7. The van der Waals surface area contributed by atoms with Crippen molar-refractivity contribution in [2.45, 2.75) is 81.2 Å². The lowest BCUT2D eigenvalue weighted by Gasteiger charge is -2.46.